The number of benzene rings is 2. The van der Waals surface area contributed by atoms with Crippen LogP contribution < -0.4 is 4.74 Å². The lowest BCUT2D eigenvalue weighted by atomic mass is 9.80. The molecule has 1 atom stereocenters. The SMILES string of the molecule is COc1ccc(C2CCc3cc(SC)c(C#N)c4c3c2cn4C)cc1. The predicted octanol–water partition coefficient (Wildman–Crippen LogP) is 4.86. The first-order valence-electron chi connectivity index (χ1n) is 8.40. The van der Waals surface area contributed by atoms with E-state index in [2.05, 4.69) is 42.1 Å². The Morgan fingerprint density at radius 2 is 2.04 bits per heavy atom. The molecular formula is C21H20N2OS. The van der Waals surface area contributed by atoms with E-state index in [1.807, 2.05) is 18.4 Å². The van der Waals surface area contributed by atoms with Gasteiger partial charge in [0, 0.05) is 29.4 Å². The van der Waals surface area contributed by atoms with E-state index in [1.54, 1.807) is 18.9 Å². The first-order valence-corrected chi connectivity index (χ1v) is 9.63. The van der Waals surface area contributed by atoms with Crippen LogP contribution in [0.25, 0.3) is 10.9 Å². The molecule has 0 saturated heterocycles. The van der Waals surface area contributed by atoms with Gasteiger partial charge in [-0.2, -0.15) is 5.26 Å². The van der Waals surface area contributed by atoms with E-state index in [0.717, 1.165) is 34.6 Å². The van der Waals surface area contributed by atoms with E-state index in [4.69, 9.17) is 4.74 Å². The van der Waals surface area contributed by atoms with E-state index < -0.39 is 0 Å². The van der Waals surface area contributed by atoms with E-state index in [-0.39, 0.29) is 0 Å². The van der Waals surface area contributed by atoms with Gasteiger partial charge in [0.05, 0.1) is 18.2 Å². The molecule has 0 spiro atoms. The molecule has 0 aliphatic heterocycles. The quantitative estimate of drug-likeness (QED) is 0.635. The maximum absolute atomic E-state index is 9.71. The number of aromatic nitrogens is 1. The van der Waals surface area contributed by atoms with Gasteiger partial charge in [0.1, 0.15) is 11.8 Å². The predicted molar refractivity (Wildman–Crippen MR) is 103 cm³/mol. The molecule has 4 rings (SSSR count). The summed E-state index contributed by atoms with van der Waals surface area (Å²) < 4.78 is 7.42. The number of ether oxygens (including phenoxy) is 1. The topological polar surface area (TPSA) is 37.9 Å². The summed E-state index contributed by atoms with van der Waals surface area (Å²) in [7, 11) is 3.75. The molecule has 2 aromatic carbocycles. The monoisotopic (exact) mass is 348 g/mol. The van der Waals surface area contributed by atoms with Crippen molar-refractivity contribution >= 4 is 22.7 Å². The van der Waals surface area contributed by atoms with Crippen LogP contribution in [-0.4, -0.2) is 17.9 Å². The number of hydrogen-bond donors (Lipinski definition) is 0. The molecule has 1 aliphatic rings. The molecule has 4 heteroatoms. The van der Waals surface area contributed by atoms with Gasteiger partial charge in [-0.25, -0.2) is 0 Å². The van der Waals surface area contributed by atoms with Gasteiger partial charge in [-0.05, 0) is 54.0 Å². The molecule has 0 radical (unpaired) electrons. The Morgan fingerprint density at radius 3 is 2.68 bits per heavy atom. The largest absolute Gasteiger partial charge is 0.497 e. The Labute approximate surface area is 152 Å². The Kier molecular flexibility index (Phi) is 3.97. The van der Waals surface area contributed by atoms with Crippen LogP contribution in [0.3, 0.4) is 0 Å². The number of nitrogens with zero attached hydrogens (tertiary/aromatic N) is 2. The number of rotatable bonds is 3. The highest BCUT2D eigenvalue weighted by Gasteiger charge is 2.28. The maximum atomic E-state index is 9.71. The van der Waals surface area contributed by atoms with Gasteiger partial charge in [0.25, 0.3) is 0 Å². The van der Waals surface area contributed by atoms with Crippen LogP contribution in [-0.2, 0) is 13.5 Å². The molecule has 3 nitrogen and oxygen atoms in total. The highest BCUT2D eigenvalue weighted by Crippen LogP contribution is 2.44. The minimum absolute atomic E-state index is 0.369. The molecule has 0 amide bonds. The van der Waals surface area contributed by atoms with Gasteiger partial charge in [0.2, 0.25) is 0 Å². The normalized spacial score (nSPS) is 16.0. The third-order valence-electron chi connectivity index (χ3n) is 5.25. The lowest BCUT2D eigenvalue weighted by Gasteiger charge is -2.24. The van der Waals surface area contributed by atoms with Crippen molar-refractivity contribution in [2.75, 3.05) is 13.4 Å². The Bertz CT molecular complexity index is 996. The second-order valence-electron chi connectivity index (χ2n) is 6.51. The van der Waals surface area contributed by atoms with E-state index in [0.29, 0.717) is 5.92 Å². The van der Waals surface area contributed by atoms with Crippen LogP contribution in [0.2, 0.25) is 0 Å². The minimum Gasteiger partial charge on any atom is -0.497 e. The second-order valence-corrected chi connectivity index (χ2v) is 7.36. The molecule has 0 saturated carbocycles. The maximum Gasteiger partial charge on any atom is 0.118 e. The zero-order valence-corrected chi connectivity index (χ0v) is 15.5. The summed E-state index contributed by atoms with van der Waals surface area (Å²) in [5.74, 6) is 1.25. The zero-order chi connectivity index (χ0) is 17.6. The highest BCUT2D eigenvalue weighted by molar-refractivity contribution is 7.98. The van der Waals surface area contributed by atoms with E-state index in [9.17, 15) is 5.26 Å². The third-order valence-corrected chi connectivity index (χ3v) is 6.01. The summed E-state index contributed by atoms with van der Waals surface area (Å²) in [6.45, 7) is 0. The fraction of sp³-hybridized carbons (Fsp3) is 0.286. The number of nitriles is 1. The van der Waals surface area contributed by atoms with Crippen molar-refractivity contribution in [2.45, 2.75) is 23.7 Å². The summed E-state index contributed by atoms with van der Waals surface area (Å²) in [6, 6.07) is 13.0. The highest BCUT2D eigenvalue weighted by atomic mass is 32.2. The number of thioether (sulfide) groups is 1. The molecule has 1 unspecified atom stereocenters. The number of aryl methyl sites for hydroxylation is 2. The molecule has 25 heavy (non-hydrogen) atoms. The number of hydrogen-bond acceptors (Lipinski definition) is 3. The molecule has 3 aromatic rings. The van der Waals surface area contributed by atoms with Crippen molar-refractivity contribution in [2.24, 2.45) is 7.05 Å². The first-order chi connectivity index (χ1) is 12.2. The van der Waals surface area contributed by atoms with Gasteiger partial charge < -0.3 is 9.30 Å². The van der Waals surface area contributed by atoms with Gasteiger partial charge in [-0.15, -0.1) is 11.8 Å². The van der Waals surface area contributed by atoms with Crippen molar-refractivity contribution in [3.05, 3.63) is 58.8 Å². The molecular weight excluding hydrogens is 328 g/mol. The van der Waals surface area contributed by atoms with Crippen LogP contribution in [0, 0.1) is 11.3 Å². The zero-order valence-electron chi connectivity index (χ0n) is 14.7. The summed E-state index contributed by atoms with van der Waals surface area (Å²) >= 11 is 1.66. The smallest absolute Gasteiger partial charge is 0.118 e. The van der Waals surface area contributed by atoms with Crippen molar-refractivity contribution < 1.29 is 4.74 Å². The standard InChI is InChI=1S/C21H20N2OS/c1-23-12-18-16(13-4-7-15(24-2)8-5-13)9-6-14-10-19(25-3)17(11-22)21(23)20(14)18/h4-5,7-8,10,12,16H,6,9H2,1-3H3. The fourth-order valence-electron chi connectivity index (χ4n) is 4.08. The second kappa shape index (κ2) is 6.16. The van der Waals surface area contributed by atoms with Gasteiger partial charge in [-0.3, -0.25) is 0 Å². The van der Waals surface area contributed by atoms with Gasteiger partial charge in [0.15, 0.2) is 0 Å². The Hall–Kier alpha value is -2.38. The third kappa shape index (κ3) is 2.42. The molecule has 0 N–H and O–H groups in total. The average molecular weight is 348 g/mol. The average Bonchev–Trinajstić information content (AvgIpc) is 3.00. The van der Waals surface area contributed by atoms with Crippen LogP contribution in [0.1, 0.15) is 34.6 Å². The van der Waals surface area contributed by atoms with Crippen LogP contribution in [0.4, 0.5) is 0 Å². The van der Waals surface area contributed by atoms with Crippen molar-refractivity contribution in [3.8, 4) is 11.8 Å². The van der Waals surface area contributed by atoms with Gasteiger partial charge >= 0.3 is 0 Å². The molecule has 1 aromatic heterocycles. The molecule has 0 fully saturated rings. The molecule has 1 heterocycles. The van der Waals surface area contributed by atoms with E-state index in [1.165, 1.54) is 22.1 Å². The lowest BCUT2D eigenvalue weighted by molar-refractivity contribution is 0.414. The Balaban J connectivity index is 1.93. The minimum atomic E-state index is 0.369. The number of methoxy groups -OCH3 is 1. The summed E-state index contributed by atoms with van der Waals surface area (Å²) in [5, 5.41) is 11.0. The van der Waals surface area contributed by atoms with Crippen LogP contribution in [0.5, 0.6) is 5.75 Å². The Morgan fingerprint density at radius 1 is 1.28 bits per heavy atom. The fourth-order valence-corrected chi connectivity index (χ4v) is 4.68. The molecule has 0 bridgehead atoms. The molecule has 1 aliphatic carbocycles. The first kappa shape index (κ1) is 16.1. The van der Waals surface area contributed by atoms with Gasteiger partial charge in [-0.1, -0.05) is 12.1 Å². The van der Waals surface area contributed by atoms with Crippen LogP contribution in [0.15, 0.2) is 41.4 Å². The van der Waals surface area contributed by atoms with Crippen molar-refractivity contribution in [1.29, 1.82) is 5.26 Å². The van der Waals surface area contributed by atoms with E-state index >= 15 is 0 Å². The summed E-state index contributed by atoms with van der Waals surface area (Å²) in [4.78, 5) is 1.08. The van der Waals surface area contributed by atoms with Crippen molar-refractivity contribution in [3.63, 3.8) is 0 Å². The summed E-state index contributed by atoms with van der Waals surface area (Å²) in [6.07, 6.45) is 6.40. The molecule has 126 valence electrons. The lowest BCUT2D eigenvalue weighted by Crippen LogP contribution is -2.08. The van der Waals surface area contributed by atoms with Crippen molar-refractivity contribution in [1.82, 2.24) is 4.57 Å². The van der Waals surface area contributed by atoms with Crippen LogP contribution >= 0.6 is 11.8 Å². The summed E-state index contributed by atoms with van der Waals surface area (Å²) in [5.41, 5.74) is 5.91.